The molecule has 0 atom stereocenters. The second kappa shape index (κ2) is 5.13. The van der Waals surface area contributed by atoms with Crippen molar-refractivity contribution in [1.82, 2.24) is 4.31 Å². The third-order valence-corrected chi connectivity index (χ3v) is 5.37. The molecule has 106 valence electrons. The van der Waals surface area contributed by atoms with Crippen LogP contribution in [-0.2, 0) is 10.0 Å². The van der Waals surface area contributed by atoms with Crippen LogP contribution >= 0.6 is 0 Å². The molecule has 4 nitrogen and oxygen atoms in total. The number of hydrogen-bond donors (Lipinski definition) is 1. The summed E-state index contributed by atoms with van der Waals surface area (Å²) in [4.78, 5) is 0.381. The van der Waals surface area contributed by atoms with Gasteiger partial charge in [-0.15, -0.1) is 0 Å². The van der Waals surface area contributed by atoms with Crippen molar-refractivity contribution in [2.45, 2.75) is 32.1 Å². The molecule has 0 amide bonds. The maximum absolute atomic E-state index is 12.5. The summed E-state index contributed by atoms with van der Waals surface area (Å²) in [5.41, 5.74) is 1.03. The van der Waals surface area contributed by atoms with Gasteiger partial charge in [0.25, 0.3) is 0 Å². The maximum atomic E-state index is 12.5. The third-order valence-electron chi connectivity index (χ3n) is 3.52. The fraction of sp³-hybridized carbons (Fsp3) is 0.571. The van der Waals surface area contributed by atoms with Crippen LogP contribution in [0.5, 0.6) is 0 Å². The zero-order valence-electron chi connectivity index (χ0n) is 11.8. The van der Waals surface area contributed by atoms with Gasteiger partial charge in [-0.25, -0.2) is 8.42 Å². The van der Waals surface area contributed by atoms with Gasteiger partial charge < -0.3 is 5.32 Å². The monoisotopic (exact) mass is 282 g/mol. The lowest BCUT2D eigenvalue weighted by Crippen LogP contribution is -2.30. The molecule has 0 unspecified atom stereocenters. The van der Waals surface area contributed by atoms with Crippen LogP contribution in [0.3, 0.4) is 0 Å². The Balaban J connectivity index is 2.20. The van der Waals surface area contributed by atoms with Crippen molar-refractivity contribution >= 4 is 15.7 Å². The Morgan fingerprint density at radius 1 is 1.26 bits per heavy atom. The molecule has 1 aromatic carbocycles. The van der Waals surface area contributed by atoms with Gasteiger partial charge in [0.1, 0.15) is 0 Å². The molecule has 1 aliphatic rings. The molecule has 2 rings (SSSR count). The summed E-state index contributed by atoms with van der Waals surface area (Å²) in [6.07, 6.45) is 0.918. The Kier molecular flexibility index (Phi) is 3.87. The van der Waals surface area contributed by atoms with E-state index in [0.717, 1.165) is 18.7 Å². The lowest BCUT2D eigenvalue weighted by molar-refractivity contribution is 0.375. The van der Waals surface area contributed by atoms with Crippen molar-refractivity contribution in [2.24, 2.45) is 5.41 Å². The number of rotatable bonds is 4. The van der Waals surface area contributed by atoms with Crippen LogP contribution in [0.1, 0.15) is 27.2 Å². The SMILES string of the molecule is CCNc1ccc(S(=O)(=O)N2CCC(C)(C)C2)cc1. The molecule has 1 heterocycles. The van der Waals surface area contributed by atoms with Gasteiger partial charge in [0.05, 0.1) is 4.90 Å². The zero-order valence-corrected chi connectivity index (χ0v) is 12.6. The summed E-state index contributed by atoms with van der Waals surface area (Å²) < 4.78 is 26.6. The van der Waals surface area contributed by atoms with Crippen molar-refractivity contribution in [1.29, 1.82) is 0 Å². The summed E-state index contributed by atoms with van der Waals surface area (Å²) in [6, 6.07) is 6.99. The van der Waals surface area contributed by atoms with Gasteiger partial charge in [0.15, 0.2) is 0 Å². The van der Waals surface area contributed by atoms with Crippen LogP contribution in [0.4, 0.5) is 5.69 Å². The first-order valence-electron chi connectivity index (χ1n) is 6.69. The van der Waals surface area contributed by atoms with Gasteiger partial charge in [0.2, 0.25) is 10.0 Å². The second-order valence-electron chi connectivity index (χ2n) is 5.81. The molecule has 0 bridgehead atoms. The summed E-state index contributed by atoms with van der Waals surface area (Å²) in [5, 5.41) is 3.16. The molecule has 1 N–H and O–H groups in total. The van der Waals surface area contributed by atoms with Gasteiger partial charge in [-0.1, -0.05) is 13.8 Å². The summed E-state index contributed by atoms with van der Waals surface area (Å²) in [7, 11) is -3.34. The van der Waals surface area contributed by atoms with E-state index in [1.807, 2.05) is 19.1 Å². The number of nitrogens with one attached hydrogen (secondary N) is 1. The predicted molar refractivity (Wildman–Crippen MR) is 77.8 cm³/mol. The predicted octanol–water partition coefficient (Wildman–Crippen LogP) is 2.54. The summed E-state index contributed by atoms with van der Waals surface area (Å²) in [6.45, 7) is 8.27. The zero-order chi connectivity index (χ0) is 14.1. The van der Waals surface area contributed by atoms with Crippen molar-refractivity contribution in [3.8, 4) is 0 Å². The largest absolute Gasteiger partial charge is 0.385 e. The van der Waals surface area contributed by atoms with E-state index in [9.17, 15) is 8.42 Å². The highest BCUT2D eigenvalue weighted by Gasteiger charge is 2.36. The molecule has 0 radical (unpaired) electrons. The quantitative estimate of drug-likeness (QED) is 0.923. The fourth-order valence-electron chi connectivity index (χ4n) is 2.37. The van der Waals surface area contributed by atoms with Crippen LogP contribution in [0.25, 0.3) is 0 Å². The van der Waals surface area contributed by atoms with Gasteiger partial charge >= 0.3 is 0 Å². The highest BCUT2D eigenvalue weighted by atomic mass is 32.2. The van der Waals surface area contributed by atoms with Gasteiger partial charge in [-0.3, -0.25) is 0 Å². The van der Waals surface area contributed by atoms with Crippen LogP contribution in [0.2, 0.25) is 0 Å². The molecule has 0 aromatic heterocycles. The molecule has 1 aliphatic heterocycles. The fourth-order valence-corrected chi connectivity index (χ4v) is 4.00. The molecule has 1 saturated heterocycles. The molecule has 0 aliphatic carbocycles. The number of benzene rings is 1. The lowest BCUT2D eigenvalue weighted by Gasteiger charge is -2.19. The minimum atomic E-state index is -3.34. The Morgan fingerprint density at radius 3 is 2.37 bits per heavy atom. The normalized spacial score (nSPS) is 19.5. The van der Waals surface area contributed by atoms with E-state index in [1.54, 1.807) is 16.4 Å². The van der Waals surface area contributed by atoms with Crippen LogP contribution < -0.4 is 5.32 Å². The van der Waals surface area contributed by atoms with Crippen LogP contribution in [-0.4, -0.2) is 32.4 Å². The average molecular weight is 282 g/mol. The number of hydrogen-bond acceptors (Lipinski definition) is 3. The van der Waals surface area contributed by atoms with E-state index < -0.39 is 10.0 Å². The highest BCUT2D eigenvalue weighted by Crippen LogP contribution is 2.32. The number of anilines is 1. The molecular formula is C14H22N2O2S. The molecule has 1 fully saturated rings. The highest BCUT2D eigenvalue weighted by molar-refractivity contribution is 7.89. The first-order chi connectivity index (χ1) is 8.85. The molecule has 0 spiro atoms. The second-order valence-corrected chi connectivity index (χ2v) is 7.75. The van der Waals surface area contributed by atoms with Crippen molar-refractivity contribution < 1.29 is 8.42 Å². The minimum Gasteiger partial charge on any atom is -0.385 e. The average Bonchev–Trinajstić information content (AvgIpc) is 2.71. The van der Waals surface area contributed by atoms with Crippen molar-refractivity contribution in [2.75, 3.05) is 25.0 Å². The smallest absolute Gasteiger partial charge is 0.243 e. The van der Waals surface area contributed by atoms with Crippen LogP contribution in [0, 0.1) is 5.41 Å². The molecule has 5 heteroatoms. The Hall–Kier alpha value is -1.07. The van der Waals surface area contributed by atoms with E-state index >= 15 is 0 Å². The lowest BCUT2D eigenvalue weighted by atomic mass is 9.93. The van der Waals surface area contributed by atoms with E-state index in [4.69, 9.17) is 0 Å². The van der Waals surface area contributed by atoms with Crippen molar-refractivity contribution in [3.63, 3.8) is 0 Å². The van der Waals surface area contributed by atoms with Gasteiger partial charge in [-0.05, 0) is 43.0 Å². The summed E-state index contributed by atoms with van der Waals surface area (Å²) >= 11 is 0. The minimum absolute atomic E-state index is 0.0801. The third kappa shape index (κ3) is 3.09. The number of nitrogens with zero attached hydrogens (tertiary/aromatic N) is 1. The van der Waals surface area contributed by atoms with Gasteiger partial charge in [-0.2, -0.15) is 4.31 Å². The van der Waals surface area contributed by atoms with E-state index in [1.165, 1.54) is 0 Å². The van der Waals surface area contributed by atoms with E-state index in [2.05, 4.69) is 19.2 Å². The van der Waals surface area contributed by atoms with Crippen molar-refractivity contribution in [3.05, 3.63) is 24.3 Å². The Labute approximate surface area is 115 Å². The first kappa shape index (κ1) is 14.3. The Morgan fingerprint density at radius 2 is 1.89 bits per heavy atom. The summed E-state index contributed by atoms with van der Waals surface area (Å²) in [5.74, 6) is 0. The molecule has 0 saturated carbocycles. The molecular weight excluding hydrogens is 260 g/mol. The first-order valence-corrected chi connectivity index (χ1v) is 8.13. The molecule has 19 heavy (non-hydrogen) atoms. The number of sulfonamides is 1. The van der Waals surface area contributed by atoms with Crippen LogP contribution in [0.15, 0.2) is 29.2 Å². The van der Waals surface area contributed by atoms with E-state index in [0.29, 0.717) is 18.0 Å². The van der Waals surface area contributed by atoms with Gasteiger partial charge in [0, 0.05) is 25.3 Å². The maximum Gasteiger partial charge on any atom is 0.243 e. The standard InChI is InChI=1S/C14H22N2O2S/c1-4-15-12-5-7-13(8-6-12)19(17,18)16-10-9-14(2,3)11-16/h5-8,15H,4,9-11H2,1-3H3. The molecule has 1 aromatic rings. The Bertz CT molecular complexity index is 535. The van der Waals surface area contributed by atoms with E-state index in [-0.39, 0.29) is 5.41 Å². The topological polar surface area (TPSA) is 49.4 Å².